The van der Waals surface area contributed by atoms with Crippen molar-refractivity contribution in [2.45, 2.75) is 13.3 Å². The molecule has 0 unspecified atom stereocenters. The molecule has 1 aromatic rings. The minimum absolute atomic E-state index is 0.337. The Balaban J connectivity index is 3.17. The van der Waals surface area contributed by atoms with Crippen molar-refractivity contribution in [3.05, 3.63) is 28.3 Å². The summed E-state index contributed by atoms with van der Waals surface area (Å²) in [7, 11) is 1.60. The van der Waals surface area contributed by atoms with Crippen LogP contribution in [0.25, 0.3) is 0 Å². The van der Waals surface area contributed by atoms with E-state index in [-0.39, 0.29) is 0 Å². The molecule has 3 heteroatoms. The monoisotopic (exact) mass is 195 g/mol. The fourth-order valence-electron chi connectivity index (χ4n) is 1.17. The van der Waals surface area contributed by atoms with Crippen molar-refractivity contribution in [2.24, 2.45) is 0 Å². The Kier molecular flexibility index (Phi) is 3.16. The van der Waals surface area contributed by atoms with Gasteiger partial charge in [0.2, 0.25) is 0 Å². The Morgan fingerprint density at radius 3 is 2.77 bits per heavy atom. The van der Waals surface area contributed by atoms with Gasteiger partial charge in [-0.2, -0.15) is 5.26 Å². The molecule has 0 aliphatic rings. The fourth-order valence-corrected chi connectivity index (χ4v) is 1.39. The highest BCUT2D eigenvalue weighted by molar-refractivity contribution is 6.32. The summed E-state index contributed by atoms with van der Waals surface area (Å²) in [5.41, 5.74) is 1.74. The molecular weight excluding hydrogens is 186 g/mol. The van der Waals surface area contributed by atoms with Gasteiger partial charge in [-0.15, -0.1) is 0 Å². The van der Waals surface area contributed by atoms with Crippen LogP contribution in [0.15, 0.2) is 12.1 Å². The molecule has 68 valence electrons. The van der Waals surface area contributed by atoms with Gasteiger partial charge in [0.25, 0.3) is 0 Å². The number of nitrogens with zero attached hydrogens (tertiary/aromatic N) is 1. The first-order chi connectivity index (χ1) is 6.20. The summed E-state index contributed by atoms with van der Waals surface area (Å²) in [5, 5.41) is 9.15. The summed E-state index contributed by atoms with van der Waals surface area (Å²) in [4.78, 5) is 0. The molecule has 1 aromatic carbocycles. The smallest absolute Gasteiger partial charge is 0.123 e. The van der Waals surface area contributed by atoms with Gasteiger partial charge in [0.1, 0.15) is 5.75 Å². The van der Waals surface area contributed by atoms with Crippen LogP contribution in [-0.4, -0.2) is 7.11 Å². The van der Waals surface area contributed by atoms with E-state index in [1.807, 2.05) is 19.1 Å². The molecule has 0 spiro atoms. The molecule has 0 fully saturated rings. The minimum atomic E-state index is 0.337. The number of hydrogen-bond acceptors (Lipinski definition) is 2. The number of methoxy groups -OCH3 is 1. The Morgan fingerprint density at radius 1 is 1.54 bits per heavy atom. The van der Waals surface area contributed by atoms with E-state index < -0.39 is 0 Å². The van der Waals surface area contributed by atoms with Gasteiger partial charge in [-0.05, 0) is 18.6 Å². The van der Waals surface area contributed by atoms with Gasteiger partial charge in [-0.25, -0.2) is 0 Å². The van der Waals surface area contributed by atoms with Gasteiger partial charge in [0, 0.05) is 5.56 Å². The van der Waals surface area contributed by atoms with Gasteiger partial charge in [0.15, 0.2) is 0 Å². The van der Waals surface area contributed by atoms with Crippen molar-refractivity contribution in [3.63, 3.8) is 0 Å². The van der Waals surface area contributed by atoms with Gasteiger partial charge in [-0.3, -0.25) is 0 Å². The summed E-state index contributed by atoms with van der Waals surface area (Å²) in [6.45, 7) is 1.88. The second-order valence-electron chi connectivity index (χ2n) is 2.70. The molecule has 0 N–H and O–H groups in total. The molecule has 0 radical (unpaired) electrons. The average molecular weight is 196 g/mol. The van der Waals surface area contributed by atoms with E-state index >= 15 is 0 Å². The lowest BCUT2D eigenvalue weighted by Gasteiger charge is -2.08. The third-order valence-corrected chi connectivity index (χ3v) is 2.43. The normalized spacial score (nSPS) is 9.38. The van der Waals surface area contributed by atoms with E-state index in [1.54, 1.807) is 7.11 Å². The Labute approximate surface area is 82.7 Å². The molecule has 0 heterocycles. The molecule has 13 heavy (non-hydrogen) atoms. The van der Waals surface area contributed by atoms with Crippen LogP contribution in [0.5, 0.6) is 5.75 Å². The molecule has 2 nitrogen and oxygen atoms in total. The number of ether oxygens (including phenoxy) is 1. The maximum Gasteiger partial charge on any atom is 0.123 e. The van der Waals surface area contributed by atoms with Gasteiger partial charge < -0.3 is 4.74 Å². The Bertz CT molecular complexity index is 355. The van der Waals surface area contributed by atoms with Crippen molar-refractivity contribution in [2.75, 3.05) is 7.11 Å². The number of nitriles is 1. The zero-order chi connectivity index (χ0) is 9.84. The van der Waals surface area contributed by atoms with Crippen LogP contribution in [-0.2, 0) is 6.42 Å². The maximum atomic E-state index is 8.52. The third kappa shape index (κ3) is 1.93. The van der Waals surface area contributed by atoms with Crippen molar-refractivity contribution in [1.29, 1.82) is 5.26 Å². The first-order valence-corrected chi connectivity index (χ1v) is 4.27. The molecule has 0 aliphatic heterocycles. The van der Waals surface area contributed by atoms with Crippen LogP contribution in [0.2, 0.25) is 5.02 Å². The fraction of sp³-hybridized carbons (Fsp3) is 0.300. The molecule has 0 bridgehead atoms. The lowest BCUT2D eigenvalue weighted by Crippen LogP contribution is -1.91. The topological polar surface area (TPSA) is 33.0 Å². The van der Waals surface area contributed by atoms with Gasteiger partial charge in [-0.1, -0.05) is 17.7 Å². The van der Waals surface area contributed by atoms with E-state index in [0.717, 1.165) is 16.9 Å². The highest BCUT2D eigenvalue weighted by Crippen LogP contribution is 2.28. The molecular formula is C10H10ClNO. The molecule has 0 saturated carbocycles. The van der Waals surface area contributed by atoms with E-state index in [0.29, 0.717) is 11.4 Å². The highest BCUT2D eigenvalue weighted by Gasteiger charge is 2.07. The van der Waals surface area contributed by atoms with E-state index in [4.69, 9.17) is 21.6 Å². The molecule has 1 rings (SSSR count). The van der Waals surface area contributed by atoms with Crippen LogP contribution < -0.4 is 4.74 Å². The molecule has 0 aromatic heterocycles. The Hall–Kier alpha value is -1.20. The van der Waals surface area contributed by atoms with Crippen LogP contribution >= 0.6 is 11.6 Å². The average Bonchev–Trinajstić information content (AvgIpc) is 2.14. The summed E-state index contributed by atoms with van der Waals surface area (Å²) in [6, 6.07) is 5.71. The lowest BCUT2D eigenvalue weighted by atomic mass is 10.1. The van der Waals surface area contributed by atoms with Crippen LogP contribution in [0.3, 0.4) is 0 Å². The first kappa shape index (κ1) is 9.88. The number of hydrogen-bond donors (Lipinski definition) is 0. The SMILES string of the molecule is COc1ccc(CC#N)c(Cl)c1C. The standard InChI is InChI=1S/C10H10ClNO/c1-7-9(13-2)4-3-8(5-6-12)10(7)11/h3-4H,5H2,1-2H3. The van der Waals surface area contributed by atoms with Gasteiger partial charge in [0.05, 0.1) is 24.6 Å². The number of rotatable bonds is 2. The summed E-state index contributed by atoms with van der Waals surface area (Å²) in [6.07, 6.45) is 0.337. The summed E-state index contributed by atoms with van der Waals surface area (Å²) >= 11 is 6.02. The van der Waals surface area contributed by atoms with Crippen molar-refractivity contribution < 1.29 is 4.74 Å². The van der Waals surface area contributed by atoms with Crippen LogP contribution in [0.1, 0.15) is 11.1 Å². The molecule has 0 atom stereocenters. The summed E-state index contributed by atoms with van der Waals surface area (Å²) < 4.78 is 5.09. The molecule has 0 amide bonds. The second kappa shape index (κ2) is 4.15. The van der Waals surface area contributed by atoms with Crippen molar-refractivity contribution >= 4 is 11.6 Å². The van der Waals surface area contributed by atoms with Crippen LogP contribution in [0.4, 0.5) is 0 Å². The largest absolute Gasteiger partial charge is 0.496 e. The lowest BCUT2D eigenvalue weighted by molar-refractivity contribution is 0.411. The molecule has 0 saturated heterocycles. The zero-order valence-corrected chi connectivity index (χ0v) is 8.35. The zero-order valence-electron chi connectivity index (χ0n) is 7.60. The number of halogens is 1. The number of benzene rings is 1. The summed E-state index contributed by atoms with van der Waals surface area (Å²) in [5.74, 6) is 0.756. The predicted octanol–water partition coefficient (Wildman–Crippen LogP) is 2.72. The first-order valence-electron chi connectivity index (χ1n) is 3.89. The van der Waals surface area contributed by atoms with Crippen molar-refractivity contribution in [3.8, 4) is 11.8 Å². The minimum Gasteiger partial charge on any atom is -0.496 e. The van der Waals surface area contributed by atoms with E-state index in [9.17, 15) is 0 Å². The third-order valence-electron chi connectivity index (χ3n) is 1.91. The van der Waals surface area contributed by atoms with Gasteiger partial charge >= 0.3 is 0 Å². The Morgan fingerprint density at radius 2 is 2.23 bits per heavy atom. The predicted molar refractivity (Wildman–Crippen MR) is 52.1 cm³/mol. The van der Waals surface area contributed by atoms with E-state index in [2.05, 4.69) is 6.07 Å². The van der Waals surface area contributed by atoms with E-state index in [1.165, 1.54) is 0 Å². The van der Waals surface area contributed by atoms with Crippen molar-refractivity contribution in [1.82, 2.24) is 0 Å². The molecule has 0 aliphatic carbocycles. The maximum absolute atomic E-state index is 8.52. The highest BCUT2D eigenvalue weighted by atomic mass is 35.5. The second-order valence-corrected chi connectivity index (χ2v) is 3.08. The quantitative estimate of drug-likeness (QED) is 0.727. The van der Waals surface area contributed by atoms with Crippen LogP contribution in [0, 0.1) is 18.3 Å².